The molecule has 1 heterocycles. The number of aliphatic hydroxyl groups excluding tert-OH is 1. The zero-order chi connectivity index (χ0) is 19.4. The van der Waals surface area contributed by atoms with Crippen LogP contribution >= 0.6 is 0 Å². The highest BCUT2D eigenvalue weighted by Crippen LogP contribution is 2.44. The van der Waals surface area contributed by atoms with Crippen LogP contribution < -0.4 is 10.6 Å². The van der Waals surface area contributed by atoms with Gasteiger partial charge in [0.05, 0.1) is 24.5 Å². The number of carbonyl (C=O) groups is 3. The molecule has 0 aromatic heterocycles. The molecule has 26 heavy (non-hydrogen) atoms. The summed E-state index contributed by atoms with van der Waals surface area (Å²) in [6.45, 7) is 6.00. The molecule has 0 aromatic carbocycles. The van der Waals surface area contributed by atoms with Crippen molar-refractivity contribution in [1.29, 1.82) is 0 Å². The first kappa shape index (κ1) is 20.4. The molecule has 1 saturated heterocycles. The summed E-state index contributed by atoms with van der Waals surface area (Å²) in [5.74, 6) is -2.17. The van der Waals surface area contributed by atoms with Gasteiger partial charge in [0.15, 0.2) is 0 Å². The largest absolute Gasteiger partial charge is 0.394 e. The number of fused-ring (bicyclic) bond motifs is 1. The summed E-state index contributed by atoms with van der Waals surface area (Å²) in [4.78, 5) is 40.0. The molecule has 2 rings (SSSR count). The zero-order valence-corrected chi connectivity index (χ0v) is 16.1. The van der Waals surface area contributed by atoms with E-state index in [4.69, 9.17) is 0 Å². The highest BCUT2D eigenvalue weighted by molar-refractivity contribution is 5.96. The number of nitrogens with zero attached hydrogens (tertiary/aromatic N) is 1. The van der Waals surface area contributed by atoms with Crippen LogP contribution in [0.4, 0.5) is 0 Å². The molecule has 6 atom stereocenters. The predicted molar refractivity (Wildman–Crippen MR) is 97.9 cm³/mol. The normalized spacial score (nSPS) is 31.5. The highest BCUT2D eigenvalue weighted by atomic mass is 16.3. The van der Waals surface area contributed by atoms with Crippen LogP contribution in [0.5, 0.6) is 0 Å². The maximum absolute atomic E-state index is 13.2. The van der Waals surface area contributed by atoms with Gasteiger partial charge in [-0.2, -0.15) is 0 Å². The van der Waals surface area contributed by atoms with Gasteiger partial charge in [-0.15, -0.1) is 0 Å². The van der Waals surface area contributed by atoms with Crippen molar-refractivity contribution in [3.63, 3.8) is 0 Å². The van der Waals surface area contributed by atoms with Crippen molar-refractivity contribution >= 4 is 17.7 Å². The van der Waals surface area contributed by atoms with Crippen molar-refractivity contribution in [2.45, 2.75) is 45.7 Å². The Bertz CT molecular complexity index is 577. The molecule has 0 aromatic rings. The van der Waals surface area contributed by atoms with Crippen molar-refractivity contribution in [1.82, 2.24) is 15.5 Å². The van der Waals surface area contributed by atoms with E-state index in [1.54, 1.807) is 14.0 Å². The first-order valence-corrected chi connectivity index (χ1v) is 9.49. The number of aliphatic hydroxyl groups is 1. The van der Waals surface area contributed by atoms with Crippen LogP contribution in [0.2, 0.25) is 0 Å². The van der Waals surface area contributed by atoms with Gasteiger partial charge in [0.2, 0.25) is 17.7 Å². The second-order valence-electron chi connectivity index (χ2n) is 7.35. The fraction of sp³-hybridized carbons (Fsp3) is 0.737. The predicted octanol–water partition coefficient (Wildman–Crippen LogP) is 0.295. The third-order valence-corrected chi connectivity index (χ3v) is 5.60. The van der Waals surface area contributed by atoms with Crippen molar-refractivity contribution in [3.05, 3.63) is 12.2 Å². The van der Waals surface area contributed by atoms with Gasteiger partial charge in [-0.3, -0.25) is 14.4 Å². The van der Waals surface area contributed by atoms with E-state index in [-0.39, 0.29) is 36.2 Å². The average molecular weight is 365 g/mol. The van der Waals surface area contributed by atoms with Crippen LogP contribution in [0.15, 0.2) is 12.2 Å². The Morgan fingerprint density at radius 2 is 2.00 bits per heavy atom. The molecule has 7 heteroatoms. The minimum Gasteiger partial charge on any atom is -0.394 e. The van der Waals surface area contributed by atoms with Gasteiger partial charge in [0, 0.05) is 19.5 Å². The Labute approximate surface area is 155 Å². The first-order chi connectivity index (χ1) is 12.4. The van der Waals surface area contributed by atoms with Crippen LogP contribution in [0.25, 0.3) is 0 Å². The van der Waals surface area contributed by atoms with E-state index in [1.165, 1.54) is 4.90 Å². The molecule has 7 nitrogen and oxygen atoms in total. The number of allylic oxidation sites excluding steroid dienone is 1. The lowest BCUT2D eigenvalue weighted by atomic mass is 9.70. The number of hydrogen-bond donors (Lipinski definition) is 3. The van der Waals surface area contributed by atoms with Crippen molar-refractivity contribution in [3.8, 4) is 0 Å². The number of rotatable bonds is 7. The average Bonchev–Trinajstić information content (AvgIpc) is 2.93. The molecule has 2 aliphatic rings. The van der Waals surface area contributed by atoms with Crippen molar-refractivity contribution in [2.24, 2.45) is 23.7 Å². The topological polar surface area (TPSA) is 98.7 Å². The first-order valence-electron chi connectivity index (χ1n) is 9.49. The number of carbonyl (C=O) groups excluding carboxylic acids is 3. The van der Waals surface area contributed by atoms with Crippen molar-refractivity contribution in [2.75, 3.05) is 20.2 Å². The second kappa shape index (κ2) is 8.66. The van der Waals surface area contributed by atoms with Gasteiger partial charge < -0.3 is 20.6 Å². The summed E-state index contributed by atoms with van der Waals surface area (Å²) in [7, 11) is 1.56. The van der Waals surface area contributed by atoms with Crippen LogP contribution in [0.3, 0.4) is 0 Å². The minimum atomic E-state index is -0.692. The summed E-state index contributed by atoms with van der Waals surface area (Å²) < 4.78 is 0. The van der Waals surface area contributed by atoms with E-state index in [0.717, 1.165) is 12.8 Å². The van der Waals surface area contributed by atoms with E-state index in [2.05, 4.69) is 10.6 Å². The third kappa shape index (κ3) is 3.63. The molecule has 1 aliphatic heterocycles. The van der Waals surface area contributed by atoms with E-state index in [1.807, 2.05) is 26.0 Å². The van der Waals surface area contributed by atoms with Crippen LogP contribution in [-0.4, -0.2) is 60.0 Å². The van der Waals surface area contributed by atoms with E-state index in [0.29, 0.717) is 6.54 Å². The Kier molecular flexibility index (Phi) is 6.81. The van der Waals surface area contributed by atoms with Gasteiger partial charge in [-0.1, -0.05) is 32.4 Å². The fourth-order valence-electron chi connectivity index (χ4n) is 4.17. The smallest absolute Gasteiger partial charge is 0.243 e. The molecule has 0 radical (unpaired) electrons. The summed E-state index contributed by atoms with van der Waals surface area (Å²) in [5.41, 5.74) is 0. The molecular formula is C19H31N3O4. The monoisotopic (exact) mass is 365 g/mol. The lowest BCUT2D eigenvalue weighted by molar-refractivity contribution is -0.142. The highest BCUT2D eigenvalue weighted by Gasteiger charge is 2.57. The molecule has 3 N–H and O–H groups in total. The number of hydrogen-bond acceptors (Lipinski definition) is 4. The van der Waals surface area contributed by atoms with Crippen LogP contribution in [-0.2, 0) is 14.4 Å². The Hall–Kier alpha value is -1.89. The van der Waals surface area contributed by atoms with Gasteiger partial charge in [0.1, 0.15) is 6.04 Å². The molecule has 0 spiro atoms. The number of amides is 3. The quantitative estimate of drug-likeness (QED) is 0.446. The summed E-state index contributed by atoms with van der Waals surface area (Å²) in [5, 5.41) is 15.2. The lowest BCUT2D eigenvalue weighted by Crippen LogP contribution is -2.51. The summed E-state index contributed by atoms with van der Waals surface area (Å²) in [6, 6.07) is -1.17. The molecule has 0 unspecified atom stereocenters. The molecule has 3 amide bonds. The van der Waals surface area contributed by atoms with Crippen LogP contribution in [0, 0.1) is 23.7 Å². The number of nitrogens with one attached hydrogen (secondary N) is 2. The van der Waals surface area contributed by atoms with Crippen LogP contribution in [0.1, 0.15) is 33.6 Å². The number of likely N-dealkylation sites (tertiary alicyclic amines) is 1. The SMILES string of the molecule is CCCCNC(=O)[C@@H]1[C@H]2C=C[C@@H](C)[C@@H](C(=O)NC)[C@@H]2C(=O)N1[C@H](C)CO. The van der Waals surface area contributed by atoms with E-state index < -0.39 is 23.9 Å². The molecule has 0 saturated carbocycles. The Morgan fingerprint density at radius 3 is 2.58 bits per heavy atom. The fourth-order valence-corrected chi connectivity index (χ4v) is 4.17. The standard InChI is InChI=1S/C19H31N3O4/c1-5-6-9-21-18(25)16-13-8-7-11(2)14(17(24)20-4)15(13)19(26)22(16)12(3)10-23/h7-8,11-16,23H,5-6,9-10H2,1-4H3,(H,20,24)(H,21,25)/t11-,12-,13+,14-,15-,16+/m1/s1. The molecule has 146 valence electrons. The van der Waals surface area contributed by atoms with Gasteiger partial charge >= 0.3 is 0 Å². The maximum Gasteiger partial charge on any atom is 0.243 e. The van der Waals surface area contributed by atoms with Gasteiger partial charge in [-0.25, -0.2) is 0 Å². The van der Waals surface area contributed by atoms with E-state index in [9.17, 15) is 19.5 Å². The summed E-state index contributed by atoms with van der Waals surface area (Å²) >= 11 is 0. The Morgan fingerprint density at radius 1 is 1.31 bits per heavy atom. The zero-order valence-electron chi connectivity index (χ0n) is 16.1. The van der Waals surface area contributed by atoms with Crippen molar-refractivity contribution < 1.29 is 19.5 Å². The minimum absolute atomic E-state index is 0.0895. The summed E-state index contributed by atoms with van der Waals surface area (Å²) in [6.07, 6.45) is 5.65. The van der Waals surface area contributed by atoms with Gasteiger partial charge in [-0.05, 0) is 19.3 Å². The second-order valence-corrected chi connectivity index (χ2v) is 7.35. The van der Waals surface area contributed by atoms with Gasteiger partial charge in [0.25, 0.3) is 0 Å². The maximum atomic E-state index is 13.2. The molecule has 0 bridgehead atoms. The lowest BCUT2D eigenvalue weighted by Gasteiger charge is -2.32. The molecule has 1 aliphatic carbocycles. The molecular weight excluding hydrogens is 334 g/mol. The molecule has 1 fully saturated rings. The third-order valence-electron chi connectivity index (χ3n) is 5.60. The number of unbranched alkanes of at least 4 members (excludes halogenated alkanes) is 1. The Balaban J connectivity index is 2.38. The van der Waals surface area contributed by atoms with E-state index >= 15 is 0 Å².